The van der Waals surface area contributed by atoms with Gasteiger partial charge < -0.3 is 9.30 Å². The summed E-state index contributed by atoms with van der Waals surface area (Å²) in [6.45, 7) is 1.75. The Morgan fingerprint density at radius 3 is 2.65 bits per heavy atom. The number of benzene rings is 2. The first-order valence-corrected chi connectivity index (χ1v) is 10.1. The molecule has 26 heavy (non-hydrogen) atoms. The van der Waals surface area contributed by atoms with Gasteiger partial charge in [0.2, 0.25) is 0 Å². The van der Waals surface area contributed by atoms with Crippen LogP contribution in [0.5, 0.6) is 0 Å². The van der Waals surface area contributed by atoms with E-state index in [1.807, 2.05) is 6.20 Å². The highest BCUT2D eigenvalue weighted by Crippen LogP contribution is 2.51. The van der Waals surface area contributed by atoms with Crippen molar-refractivity contribution in [3.8, 4) is 11.4 Å². The summed E-state index contributed by atoms with van der Waals surface area (Å²) >= 11 is 3.59. The van der Waals surface area contributed by atoms with E-state index in [9.17, 15) is 0 Å². The van der Waals surface area contributed by atoms with E-state index in [4.69, 9.17) is 9.72 Å². The number of hydrogen-bond acceptors (Lipinski definition) is 2. The van der Waals surface area contributed by atoms with E-state index in [1.165, 1.54) is 16.7 Å². The normalized spacial score (nSPS) is 22.2. The summed E-state index contributed by atoms with van der Waals surface area (Å²) in [5, 5.41) is 0. The van der Waals surface area contributed by atoms with Gasteiger partial charge >= 0.3 is 0 Å². The summed E-state index contributed by atoms with van der Waals surface area (Å²) in [6, 6.07) is 17.6. The highest BCUT2D eigenvalue weighted by atomic mass is 79.9. The zero-order valence-corrected chi connectivity index (χ0v) is 16.2. The number of fused-ring (bicyclic) bond motifs is 3. The lowest BCUT2D eigenvalue weighted by molar-refractivity contribution is 0.0566. The minimum atomic E-state index is -0.189. The van der Waals surface area contributed by atoms with Crippen molar-refractivity contribution in [2.24, 2.45) is 5.92 Å². The van der Waals surface area contributed by atoms with E-state index in [2.05, 4.69) is 75.2 Å². The third-order valence-corrected chi connectivity index (χ3v) is 6.44. The molecule has 1 aromatic heterocycles. The average Bonchev–Trinajstić information content (AvgIpc) is 3.26. The van der Waals surface area contributed by atoms with Gasteiger partial charge in [-0.25, -0.2) is 4.98 Å². The smallest absolute Gasteiger partial charge is 0.141 e. The lowest BCUT2D eigenvalue weighted by Gasteiger charge is -2.38. The van der Waals surface area contributed by atoms with Crippen LogP contribution in [0.2, 0.25) is 0 Å². The molecule has 0 N–H and O–H groups in total. The fourth-order valence-corrected chi connectivity index (χ4v) is 4.96. The van der Waals surface area contributed by atoms with Crippen LogP contribution >= 0.6 is 15.9 Å². The zero-order chi connectivity index (χ0) is 17.6. The number of hydrogen-bond donors (Lipinski definition) is 0. The van der Waals surface area contributed by atoms with E-state index in [0.29, 0.717) is 5.92 Å². The second-order valence-electron chi connectivity index (χ2n) is 7.29. The molecular formula is C22H21BrN2O. The number of aromatic nitrogens is 2. The predicted molar refractivity (Wildman–Crippen MR) is 106 cm³/mol. The number of rotatable bonds is 3. The Balaban J connectivity index is 1.73. The van der Waals surface area contributed by atoms with Gasteiger partial charge in [0.15, 0.2) is 0 Å². The molecule has 0 radical (unpaired) electrons. The Bertz CT molecular complexity index is 927. The lowest BCUT2D eigenvalue weighted by Crippen LogP contribution is -2.36. The molecule has 1 saturated heterocycles. The molecule has 1 atom stereocenters. The minimum absolute atomic E-state index is 0.189. The fourth-order valence-electron chi connectivity index (χ4n) is 4.69. The standard InChI is InChI=1S/C22H21BrN2O/c23-18-7-5-17(6-8-18)22(15-16-9-13-26-14-10-16)20-4-2-1-3-19(20)21-24-11-12-25(21)22/h1-8,11-12,16H,9-10,13-15H2/t22-/m1/s1. The summed E-state index contributed by atoms with van der Waals surface area (Å²) in [7, 11) is 0. The Morgan fingerprint density at radius 2 is 1.85 bits per heavy atom. The first-order valence-electron chi connectivity index (χ1n) is 9.26. The third kappa shape index (κ3) is 2.39. The monoisotopic (exact) mass is 408 g/mol. The lowest BCUT2D eigenvalue weighted by atomic mass is 9.74. The van der Waals surface area contributed by atoms with Crippen LogP contribution in [0.25, 0.3) is 11.4 Å². The topological polar surface area (TPSA) is 27.1 Å². The van der Waals surface area contributed by atoms with E-state index in [-0.39, 0.29) is 5.54 Å². The van der Waals surface area contributed by atoms with Gasteiger partial charge in [0.1, 0.15) is 5.82 Å². The molecule has 0 saturated carbocycles. The predicted octanol–water partition coefficient (Wildman–Crippen LogP) is 5.23. The number of halogens is 1. The van der Waals surface area contributed by atoms with Crippen LogP contribution in [0.4, 0.5) is 0 Å². The maximum Gasteiger partial charge on any atom is 0.141 e. The van der Waals surface area contributed by atoms with Crippen molar-refractivity contribution in [1.29, 1.82) is 0 Å². The summed E-state index contributed by atoms with van der Waals surface area (Å²) in [5.74, 6) is 1.73. The molecule has 0 bridgehead atoms. The molecule has 0 aliphatic carbocycles. The first-order chi connectivity index (χ1) is 12.8. The zero-order valence-electron chi connectivity index (χ0n) is 14.6. The largest absolute Gasteiger partial charge is 0.381 e. The van der Waals surface area contributed by atoms with Gasteiger partial charge in [0.25, 0.3) is 0 Å². The fraction of sp³-hybridized carbons (Fsp3) is 0.318. The van der Waals surface area contributed by atoms with Crippen LogP contribution in [0, 0.1) is 5.92 Å². The quantitative estimate of drug-likeness (QED) is 0.592. The molecule has 2 aliphatic rings. The van der Waals surface area contributed by atoms with E-state index >= 15 is 0 Å². The van der Waals surface area contributed by atoms with Crippen molar-refractivity contribution in [1.82, 2.24) is 9.55 Å². The molecule has 3 aromatic rings. The summed E-state index contributed by atoms with van der Waals surface area (Å²) in [4.78, 5) is 4.70. The molecule has 1 fully saturated rings. The molecule has 3 heterocycles. The molecule has 0 unspecified atom stereocenters. The van der Waals surface area contributed by atoms with Crippen LogP contribution in [0.3, 0.4) is 0 Å². The molecular weight excluding hydrogens is 388 g/mol. The van der Waals surface area contributed by atoms with Crippen molar-refractivity contribution in [3.05, 3.63) is 76.5 Å². The Labute approximate surface area is 162 Å². The Kier molecular flexibility index (Phi) is 3.98. The van der Waals surface area contributed by atoms with Gasteiger partial charge in [-0.15, -0.1) is 0 Å². The van der Waals surface area contributed by atoms with Crippen molar-refractivity contribution < 1.29 is 4.74 Å². The van der Waals surface area contributed by atoms with Gasteiger partial charge in [0, 0.05) is 35.6 Å². The second kappa shape index (κ2) is 6.36. The molecule has 132 valence electrons. The van der Waals surface area contributed by atoms with Crippen molar-refractivity contribution >= 4 is 15.9 Å². The van der Waals surface area contributed by atoms with E-state index in [0.717, 1.165) is 42.8 Å². The minimum Gasteiger partial charge on any atom is -0.381 e. The van der Waals surface area contributed by atoms with Gasteiger partial charge in [-0.1, -0.05) is 52.3 Å². The van der Waals surface area contributed by atoms with Crippen molar-refractivity contribution in [2.75, 3.05) is 13.2 Å². The second-order valence-corrected chi connectivity index (χ2v) is 8.21. The van der Waals surface area contributed by atoms with Gasteiger partial charge in [-0.05, 0) is 48.4 Å². The van der Waals surface area contributed by atoms with E-state index < -0.39 is 0 Å². The van der Waals surface area contributed by atoms with Crippen LogP contribution in [-0.2, 0) is 10.3 Å². The summed E-state index contributed by atoms with van der Waals surface area (Å²) < 4.78 is 9.13. The van der Waals surface area contributed by atoms with Crippen molar-refractivity contribution in [2.45, 2.75) is 24.8 Å². The van der Waals surface area contributed by atoms with Gasteiger partial charge in [-0.3, -0.25) is 0 Å². The summed E-state index contributed by atoms with van der Waals surface area (Å²) in [5.41, 5.74) is 3.77. The molecule has 0 spiro atoms. The molecule has 2 aliphatic heterocycles. The first kappa shape index (κ1) is 16.3. The molecule has 2 aromatic carbocycles. The Morgan fingerprint density at radius 1 is 1.08 bits per heavy atom. The highest BCUT2D eigenvalue weighted by Gasteiger charge is 2.46. The maximum absolute atomic E-state index is 5.62. The molecule has 0 amide bonds. The Hall–Kier alpha value is -1.91. The van der Waals surface area contributed by atoms with Crippen LogP contribution < -0.4 is 0 Å². The van der Waals surface area contributed by atoms with Gasteiger partial charge in [-0.2, -0.15) is 0 Å². The van der Waals surface area contributed by atoms with Gasteiger partial charge in [0.05, 0.1) is 5.54 Å². The average molecular weight is 409 g/mol. The highest BCUT2D eigenvalue weighted by molar-refractivity contribution is 9.10. The van der Waals surface area contributed by atoms with Crippen LogP contribution in [-0.4, -0.2) is 22.8 Å². The number of nitrogens with zero attached hydrogens (tertiary/aromatic N) is 2. The summed E-state index contributed by atoms with van der Waals surface area (Å²) in [6.07, 6.45) is 7.42. The third-order valence-electron chi connectivity index (χ3n) is 5.91. The van der Waals surface area contributed by atoms with Crippen LogP contribution in [0.1, 0.15) is 30.4 Å². The molecule has 4 heteroatoms. The van der Waals surface area contributed by atoms with Crippen molar-refractivity contribution in [3.63, 3.8) is 0 Å². The number of ether oxygens (including phenoxy) is 1. The molecule has 3 nitrogen and oxygen atoms in total. The maximum atomic E-state index is 5.62. The molecule has 5 rings (SSSR count). The SMILES string of the molecule is Brc1ccc([C@]2(CC3CCOCC3)c3ccccc3-c3nccn32)cc1. The number of imidazole rings is 1. The van der Waals surface area contributed by atoms with E-state index in [1.54, 1.807) is 0 Å². The van der Waals surface area contributed by atoms with Crippen LogP contribution in [0.15, 0.2) is 65.4 Å².